The monoisotopic (exact) mass is 399 g/mol. The third-order valence-electron chi connectivity index (χ3n) is 4.49. The Balaban J connectivity index is 2.11. The standard InChI is InChI=1S/C22H26ClN3O2/c1-6-9-28-14(2)10-15-11-17(22(3,4)5)21(27)20(12-15)26-24-18-8-7-16(23)13-19(18)25-26/h6-9,11-14,27H,10H2,1-5H3. The van der Waals surface area contributed by atoms with Crippen molar-refractivity contribution in [3.05, 3.63) is 58.8 Å². The van der Waals surface area contributed by atoms with Gasteiger partial charge in [-0.1, -0.05) is 44.5 Å². The van der Waals surface area contributed by atoms with Gasteiger partial charge in [0.2, 0.25) is 0 Å². The number of allylic oxidation sites excluding steroid dienone is 1. The quantitative estimate of drug-likeness (QED) is 0.570. The lowest BCUT2D eigenvalue weighted by atomic mass is 9.84. The van der Waals surface area contributed by atoms with Gasteiger partial charge in [-0.25, -0.2) is 0 Å². The van der Waals surface area contributed by atoms with Crippen molar-refractivity contribution in [1.29, 1.82) is 0 Å². The third-order valence-corrected chi connectivity index (χ3v) is 4.72. The number of ether oxygens (including phenoxy) is 1. The van der Waals surface area contributed by atoms with Gasteiger partial charge in [0.05, 0.1) is 12.4 Å². The Labute approximate surface area is 170 Å². The molecule has 1 aromatic heterocycles. The summed E-state index contributed by atoms with van der Waals surface area (Å²) in [6.45, 7) is 10.2. The van der Waals surface area contributed by atoms with Gasteiger partial charge in [0.1, 0.15) is 22.5 Å². The molecule has 1 N–H and O–H groups in total. The maximum absolute atomic E-state index is 11.0. The Bertz CT molecular complexity index is 1020. The summed E-state index contributed by atoms with van der Waals surface area (Å²) in [4.78, 5) is 1.48. The number of phenolic OH excluding ortho intramolecular Hbond substituents is 1. The van der Waals surface area contributed by atoms with Crippen LogP contribution in [0.5, 0.6) is 5.75 Å². The van der Waals surface area contributed by atoms with Crippen LogP contribution in [0.25, 0.3) is 16.7 Å². The maximum Gasteiger partial charge on any atom is 0.146 e. The molecule has 0 saturated carbocycles. The van der Waals surface area contributed by atoms with Crippen LogP contribution in [-0.4, -0.2) is 26.2 Å². The Morgan fingerprint density at radius 2 is 1.89 bits per heavy atom. The Morgan fingerprint density at radius 3 is 2.57 bits per heavy atom. The van der Waals surface area contributed by atoms with Crippen molar-refractivity contribution in [2.75, 3.05) is 0 Å². The minimum Gasteiger partial charge on any atom is -0.505 e. The lowest BCUT2D eigenvalue weighted by Crippen LogP contribution is -2.16. The van der Waals surface area contributed by atoms with E-state index in [1.165, 1.54) is 4.80 Å². The van der Waals surface area contributed by atoms with Gasteiger partial charge in [0.25, 0.3) is 0 Å². The summed E-state index contributed by atoms with van der Waals surface area (Å²) in [5.41, 5.74) is 3.61. The van der Waals surface area contributed by atoms with Crippen LogP contribution < -0.4 is 0 Å². The van der Waals surface area contributed by atoms with Crippen molar-refractivity contribution in [3.63, 3.8) is 0 Å². The summed E-state index contributed by atoms with van der Waals surface area (Å²) in [6.07, 6.45) is 4.27. The highest BCUT2D eigenvalue weighted by Gasteiger charge is 2.23. The van der Waals surface area contributed by atoms with Crippen molar-refractivity contribution < 1.29 is 9.84 Å². The molecule has 1 unspecified atom stereocenters. The highest BCUT2D eigenvalue weighted by atomic mass is 35.5. The molecule has 0 aliphatic rings. The van der Waals surface area contributed by atoms with E-state index >= 15 is 0 Å². The number of halogens is 1. The summed E-state index contributed by atoms with van der Waals surface area (Å²) in [5, 5.41) is 20.6. The van der Waals surface area contributed by atoms with Crippen LogP contribution in [0, 0.1) is 0 Å². The summed E-state index contributed by atoms with van der Waals surface area (Å²) >= 11 is 6.07. The Kier molecular flexibility index (Phi) is 5.66. The predicted molar refractivity (Wildman–Crippen MR) is 113 cm³/mol. The van der Waals surface area contributed by atoms with Gasteiger partial charge in [-0.15, -0.1) is 15.0 Å². The van der Waals surface area contributed by atoms with Crippen LogP contribution in [-0.2, 0) is 16.6 Å². The molecule has 0 aliphatic heterocycles. The lowest BCUT2D eigenvalue weighted by molar-refractivity contribution is 0.161. The molecule has 0 spiro atoms. The van der Waals surface area contributed by atoms with E-state index in [1.54, 1.807) is 18.4 Å². The zero-order chi connectivity index (χ0) is 20.5. The van der Waals surface area contributed by atoms with Gasteiger partial charge in [-0.2, -0.15) is 0 Å². The summed E-state index contributed by atoms with van der Waals surface area (Å²) in [7, 11) is 0. The number of benzene rings is 2. The van der Waals surface area contributed by atoms with E-state index in [1.807, 2.05) is 38.1 Å². The van der Waals surface area contributed by atoms with Gasteiger partial charge >= 0.3 is 0 Å². The zero-order valence-corrected chi connectivity index (χ0v) is 17.7. The second-order valence-electron chi connectivity index (χ2n) is 8.00. The molecule has 0 saturated heterocycles. The average molecular weight is 400 g/mol. The van der Waals surface area contributed by atoms with E-state index in [-0.39, 0.29) is 17.3 Å². The molecule has 0 fully saturated rings. The summed E-state index contributed by atoms with van der Waals surface area (Å²) in [6, 6.07) is 9.31. The molecular weight excluding hydrogens is 374 g/mol. The van der Waals surface area contributed by atoms with Crippen molar-refractivity contribution in [2.24, 2.45) is 0 Å². The average Bonchev–Trinajstić information content (AvgIpc) is 3.03. The van der Waals surface area contributed by atoms with Crippen LogP contribution in [0.4, 0.5) is 0 Å². The van der Waals surface area contributed by atoms with Crippen molar-refractivity contribution in [2.45, 2.75) is 52.6 Å². The first-order valence-electron chi connectivity index (χ1n) is 9.35. The number of phenols is 1. The molecule has 5 nitrogen and oxygen atoms in total. The number of nitrogens with zero attached hydrogens (tertiary/aromatic N) is 3. The van der Waals surface area contributed by atoms with Gasteiger partial charge in [-0.05, 0) is 49.1 Å². The molecule has 3 rings (SSSR count). The fraction of sp³-hybridized carbons (Fsp3) is 0.364. The molecule has 1 atom stereocenters. The molecule has 0 amide bonds. The van der Waals surface area contributed by atoms with Crippen LogP contribution in [0.15, 0.2) is 42.7 Å². The molecule has 2 aromatic carbocycles. The second-order valence-corrected chi connectivity index (χ2v) is 8.44. The van der Waals surface area contributed by atoms with Crippen molar-refractivity contribution >= 4 is 22.6 Å². The van der Waals surface area contributed by atoms with Crippen LogP contribution in [0.3, 0.4) is 0 Å². The molecule has 0 radical (unpaired) electrons. The fourth-order valence-corrected chi connectivity index (χ4v) is 3.27. The Hall–Kier alpha value is -2.53. The third kappa shape index (κ3) is 4.30. The lowest BCUT2D eigenvalue weighted by Gasteiger charge is -2.23. The number of aromatic hydroxyl groups is 1. The van der Waals surface area contributed by atoms with Crippen LogP contribution in [0.2, 0.25) is 5.02 Å². The first-order chi connectivity index (χ1) is 13.2. The highest BCUT2D eigenvalue weighted by Crippen LogP contribution is 2.36. The van der Waals surface area contributed by atoms with E-state index < -0.39 is 0 Å². The van der Waals surface area contributed by atoms with Crippen LogP contribution in [0.1, 0.15) is 45.7 Å². The van der Waals surface area contributed by atoms with E-state index in [4.69, 9.17) is 16.3 Å². The minimum absolute atomic E-state index is 0.00451. The molecule has 148 valence electrons. The normalized spacial score (nSPS) is 13.4. The van der Waals surface area contributed by atoms with Crippen LogP contribution >= 0.6 is 11.6 Å². The minimum atomic E-state index is -0.238. The number of aromatic nitrogens is 3. The highest BCUT2D eigenvalue weighted by molar-refractivity contribution is 6.31. The molecular formula is C22H26ClN3O2. The number of hydrogen-bond donors (Lipinski definition) is 1. The largest absolute Gasteiger partial charge is 0.505 e. The van der Waals surface area contributed by atoms with Gasteiger partial charge in [-0.3, -0.25) is 0 Å². The van der Waals surface area contributed by atoms with Gasteiger partial charge < -0.3 is 9.84 Å². The van der Waals surface area contributed by atoms with E-state index in [2.05, 4.69) is 31.0 Å². The number of hydrogen-bond acceptors (Lipinski definition) is 4. The first-order valence-corrected chi connectivity index (χ1v) is 9.73. The first kappa shape index (κ1) is 20.2. The smallest absolute Gasteiger partial charge is 0.146 e. The number of fused-ring (bicyclic) bond motifs is 1. The van der Waals surface area contributed by atoms with E-state index in [0.717, 1.165) is 16.6 Å². The van der Waals surface area contributed by atoms with Crippen molar-refractivity contribution in [1.82, 2.24) is 15.0 Å². The van der Waals surface area contributed by atoms with E-state index in [0.29, 0.717) is 22.6 Å². The van der Waals surface area contributed by atoms with E-state index in [9.17, 15) is 5.11 Å². The van der Waals surface area contributed by atoms with Gasteiger partial charge in [0, 0.05) is 17.0 Å². The molecule has 6 heteroatoms. The molecule has 3 aromatic rings. The molecule has 28 heavy (non-hydrogen) atoms. The topological polar surface area (TPSA) is 60.2 Å². The molecule has 0 aliphatic carbocycles. The fourth-order valence-electron chi connectivity index (χ4n) is 3.11. The van der Waals surface area contributed by atoms with Crippen molar-refractivity contribution in [3.8, 4) is 11.4 Å². The maximum atomic E-state index is 11.0. The molecule has 0 bridgehead atoms. The van der Waals surface area contributed by atoms with Gasteiger partial charge in [0.15, 0.2) is 0 Å². The SMILES string of the molecule is CC=COC(C)Cc1cc(-n2nc3ccc(Cl)cc3n2)c(O)c(C(C)(C)C)c1. The summed E-state index contributed by atoms with van der Waals surface area (Å²) < 4.78 is 5.66. The summed E-state index contributed by atoms with van der Waals surface area (Å²) in [5.74, 6) is 0.185. The predicted octanol–water partition coefficient (Wildman–Crippen LogP) is 5.56. The second kappa shape index (κ2) is 7.84. The number of rotatable bonds is 5. The zero-order valence-electron chi connectivity index (χ0n) is 16.9. The Morgan fingerprint density at radius 1 is 1.18 bits per heavy atom. The molecule has 1 heterocycles.